The number of fused-ring (bicyclic) bond motifs is 1. The molecule has 2 heterocycles. The first kappa shape index (κ1) is 24.8. The van der Waals surface area contributed by atoms with Crippen LogP contribution in [-0.2, 0) is 16.0 Å². The van der Waals surface area contributed by atoms with E-state index in [9.17, 15) is 22.8 Å². The fourth-order valence-corrected chi connectivity index (χ4v) is 3.51. The van der Waals surface area contributed by atoms with Crippen molar-refractivity contribution >= 4 is 22.9 Å². The predicted octanol–water partition coefficient (Wildman–Crippen LogP) is 2.21. The molecule has 2 aromatic carbocycles. The third-order valence-electron chi connectivity index (χ3n) is 5.22. The quantitative estimate of drug-likeness (QED) is 0.454. The molecule has 34 heavy (non-hydrogen) atoms. The number of halogens is 3. The van der Waals surface area contributed by atoms with Crippen molar-refractivity contribution in [3.63, 3.8) is 0 Å². The normalized spacial score (nSPS) is 16.0. The van der Waals surface area contributed by atoms with Crippen LogP contribution in [0.1, 0.15) is 17.2 Å². The fourth-order valence-electron chi connectivity index (χ4n) is 3.51. The van der Waals surface area contributed by atoms with E-state index < -0.39 is 12.1 Å². The molecular weight excluding hydrogens is 457 g/mol. The van der Waals surface area contributed by atoms with Gasteiger partial charge in [0.05, 0.1) is 24.6 Å². The Hall–Kier alpha value is -3.80. The van der Waals surface area contributed by atoms with Crippen LogP contribution in [0.2, 0.25) is 0 Å². The number of hydrogen-bond acceptors (Lipinski definition) is 5. The minimum atomic E-state index is -5.08. The zero-order valence-corrected chi connectivity index (χ0v) is 18.1. The zero-order chi connectivity index (χ0) is 24.9. The lowest BCUT2D eigenvalue weighted by molar-refractivity contribution is -0.192. The number of piperazine rings is 1. The van der Waals surface area contributed by atoms with Gasteiger partial charge in [-0.3, -0.25) is 4.79 Å². The Morgan fingerprint density at radius 3 is 2.38 bits per heavy atom. The third kappa shape index (κ3) is 6.38. The zero-order valence-electron chi connectivity index (χ0n) is 18.1. The number of ether oxygens (including phenoxy) is 1. The molecule has 0 spiro atoms. The molecule has 9 nitrogen and oxygen atoms in total. The van der Waals surface area contributed by atoms with Gasteiger partial charge >= 0.3 is 17.8 Å². The highest BCUT2D eigenvalue weighted by Crippen LogP contribution is 2.21. The maximum Gasteiger partial charge on any atom is 0.490 e. The summed E-state index contributed by atoms with van der Waals surface area (Å²) in [5.74, 6) is -1.85. The number of imidazole rings is 1. The maximum absolute atomic E-state index is 12.8. The largest absolute Gasteiger partial charge is 0.497 e. The Labute approximate surface area is 191 Å². The highest BCUT2D eigenvalue weighted by atomic mass is 19.4. The van der Waals surface area contributed by atoms with Crippen molar-refractivity contribution in [2.75, 3.05) is 26.7 Å². The minimum absolute atomic E-state index is 0.0900. The highest BCUT2D eigenvalue weighted by molar-refractivity contribution is 5.81. The number of benzene rings is 2. The Bertz CT molecular complexity index is 1200. The molecule has 1 aliphatic rings. The van der Waals surface area contributed by atoms with Crippen molar-refractivity contribution in [3.05, 3.63) is 64.1 Å². The Morgan fingerprint density at radius 2 is 1.76 bits per heavy atom. The van der Waals surface area contributed by atoms with E-state index in [2.05, 4.69) is 15.3 Å². The summed E-state index contributed by atoms with van der Waals surface area (Å²) >= 11 is 0. The van der Waals surface area contributed by atoms with Crippen LogP contribution in [0.5, 0.6) is 5.75 Å². The molecule has 1 saturated heterocycles. The van der Waals surface area contributed by atoms with E-state index in [-0.39, 0.29) is 17.6 Å². The Kier molecular flexibility index (Phi) is 7.61. The Balaban J connectivity index is 0.000000406. The first-order valence-electron chi connectivity index (χ1n) is 10.2. The first-order valence-corrected chi connectivity index (χ1v) is 10.2. The lowest BCUT2D eigenvalue weighted by atomic mass is 10.0. The molecule has 12 heteroatoms. The van der Waals surface area contributed by atoms with E-state index in [1.807, 2.05) is 47.4 Å². The smallest absolute Gasteiger partial charge is 0.490 e. The van der Waals surface area contributed by atoms with Crippen LogP contribution in [-0.4, -0.2) is 64.8 Å². The van der Waals surface area contributed by atoms with Gasteiger partial charge in [0.1, 0.15) is 5.75 Å². The predicted molar refractivity (Wildman–Crippen MR) is 117 cm³/mol. The van der Waals surface area contributed by atoms with E-state index in [0.29, 0.717) is 19.5 Å². The third-order valence-corrected chi connectivity index (χ3v) is 5.22. The molecule has 1 fully saturated rings. The van der Waals surface area contributed by atoms with Gasteiger partial charge in [0.25, 0.3) is 0 Å². The molecule has 4 rings (SSSR count). The molecule has 4 N–H and O–H groups in total. The number of nitrogens with zero attached hydrogens (tertiary/aromatic N) is 1. The number of carboxylic acid groups (broad SMARTS) is 1. The number of amides is 1. The number of H-pyrrole nitrogens is 2. The number of hydrogen-bond donors (Lipinski definition) is 4. The second-order valence-corrected chi connectivity index (χ2v) is 7.56. The summed E-state index contributed by atoms with van der Waals surface area (Å²) in [6, 6.07) is 13.6. The van der Waals surface area contributed by atoms with Crippen molar-refractivity contribution in [1.29, 1.82) is 0 Å². The monoisotopic (exact) mass is 480 g/mol. The van der Waals surface area contributed by atoms with Crippen LogP contribution in [0.15, 0.2) is 47.3 Å². The lowest BCUT2D eigenvalue weighted by Crippen LogP contribution is -2.48. The van der Waals surface area contributed by atoms with Gasteiger partial charge in [-0.1, -0.05) is 18.2 Å². The second-order valence-electron chi connectivity index (χ2n) is 7.56. The molecule has 1 aliphatic heterocycles. The van der Waals surface area contributed by atoms with Gasteiger partial charge in [-0.05, 0) is 35.4 Å². The van der Waals surface area contributed by atoms with Crippen molar-refractivity contribution in [2.45, 2.75) is 18.6 Å². The molecule has 3 aromatic rings. The number of carbonyl (C=O) groups excluding carboxylic acids is 1. The van der Waals surface area contributed by atoms with E-state index in [0.717, 1.165) is 34.5 Å². The summed E-state index contributed by atoms with van der Waals surface area (Å²) in [6.07, 6.45) is -4.77. The molecular formula is C22H23F3N4O5. The van der Waals surface area contributed by atoms with Gasteiger partial charge in [0.15, 0.2) is 0 Å². The summed E-state index contributed by atoms with van der Waals surface area (Å²) in [7, 11) is 1.65. The maximum atomic E-state index is 12.8. The second kappa shape index (κ2) is 10.4. The average Bonchev–Trinajstić information content (AvgIpc) is 3.18. The number of carboxylic acids is 1. The van der Waals surface area contributed by atoms with Gasteiger partial charge in [-0.25, -0.2) is 9.59 Å². The molecule has 1 amide bonds. The standard InChI is InChI=1S/C20H22N4O3.C2HF3O2/c1-27-15-5-3-14(4-6-15)18-12-24(9-8-21-18)19(25)11-13-2-7-16-17(10-13)23-20(26)22-16;3-2(4,5)1(6)7/h2-7,10,18,21H,8-9,11-12H2,1H3,(H2,22,23,26);(H,6,7). The molecule has 1 atom stereocenters. The van der Waals surface area contributed by atoms with Crippen molar-refractivity contribution < 1.29 is 32.6 Å². The lowest BCUT2D eigenvalue weighted by Gasteiger charge is -2.34. The van der Waals surface area contributed by atoms with Gasteiger partial charge in [0, 0.05) is 25.7 Å². The number of carbonyl (C=O) groups is 2. The van der Waals surface area contributed by atoms with E-state index in [1.165, 1.54) is 0 Å². The summed E-state index contributed by atoms with van der Waals surface area (Å²) in [5.41, 5.74) is 3.26. The summed E-state index contributed by atoms with van der Waals surface area (Å²) < 4.78 is 36.9. The van der Waals surface area contributed by atoms with Crippen LogP contribution < -0.4 is 15.7 Å². The summed E-state index contributed by atoms with van der Waals surface area (Å²) in [4.78, 5) is 40.4. The number of nitrogens with one attached hydrogen (secondary N) is 3. The average molecular weight is 480 g/mol. The minimum Gasteiger partial charge on any atom is -0.497 e. The van der Waals surface area contributed by atoms with E-state index in [1.54, 1.807) is 7.11 Å². The highest BCUT2D eigenvalue weighted by Gasteiger charge is 2.38. The van der Waals surface area contributed by atoms with Crippen LogP contribution in [0.4, 0.5) is 13.2 Å². The molecule has 0 radical (unpaired) electrons. The van der Waals surface area contributed by atoms with Crippen LogP contribution >= 0.6 is 0 Å². The molecule has 1 aromatic heterocycles. The molecule has 1 unspecified atom stereocenters. The topological polar surface area (TPSA) is 128 Å². The first-order chi connectivity index (χ1) is 16.1. The van der Waals surface area contributed by atoms with Crippen LogP contribution in [0.25, 0.3) is 11.0 Å². The van der Waals surface area contributed by atoms with Crippen LogP contribution in [0.3, 0.4) is 0 Å². The number of methoxy groups -OCH3 is 1. The molecule has 182 valence electrons. The number of aromatic nitrogens is 2. The van der Waals surface area contributed by atoms with Crippen molar-refractivity contribution in [1.82, 2.24) is 20.2 Å². The molecule has 0 aliphatic carbocycles. The van der Waals surface area contributed by atoms with Crippen LogP contribution in [0, 0.1) is 0 Å². The number of aromatic amines is 2. The van der Waals surface area contributed by atoms with E-state index >= 15 is 0 Å². The van der Waals surface area contributed by atoms with Gasteiger partial charge in [-0.2, -0.15) is 13.2 Å². The molecule has 0 bridgehead atoms. The molecule has 0 saturated carbocycles. The SMILES string of the molecule is COc1ccc(C2CN(C(=O)Cc3ccc4[nH]c(=O)[nH]c4c3)CCN2)cc1.O=C(O)C(F)(F)F. The summed E-state index contributed by atoms with van der Waals surface area (Å²) in [5, 5.41) is 10.6. The fraction of sp³-hybridized carbons (Fsp3) is 0.318. The van der Waals surface area contributed by atoms with Gasteiger partial charge in [0.2, 0.25) is 5.91 Å². The number of rotatable bonds is 4. The van der Waals surface area contributed by atoms with Crippen molar-refractivity contribution in [2.24, 2.45) is 0 Å². The van der Waals surface area contributed by atoms with E-state index in [4.69, 9.17) is 14.6 Å². The van der Waals surface area contributed by atoms with Crippen molar-refractivity contribution in [3.8, 4) is 5.75 Å². The number of aliphatic carboxylic acids is 1. The summed E-state index contributed by atoms with van der Waals surface area (Å²) in [6.45, 7) is 2.08. The van der Waals surface area contributed by atoms with Gasteiger partial charge < -0.3 is 30.0 Å². The Morgan fingerprint density at radius 1 is 1.12 bits per heavy atom. The van der Waals surface area contributed by atoms with Gasteiger partial charge in [-0.15, -0.1) is 0 Å². The number of alkyl halides is 3.